The first kappa shape index (κ1) is 18.7. The van der Waals surface area contributed by atoms with Crippen LogP contribution in [-0.2, 0) is 0 Å². The van der Waals surface area contributed by atoms with Gasteiger partial charge in [-0.3, -0.25) is 15.4 Å². The van der Waals surface area contributed by atoms with Gasteiger partial charge in [-0.1, -0.05) is 0 Å². The van der Waals surface area contributed by atoms with E-state index in [0.717, 1.165) is 28.5 Å². The van der Waals surface area contributed by atoms with Crippen LogP contribution in [0.1, 0.15) is 5.56 Å². The molecule has 2 heterocycles. The van der Waals surface area contributed by atoms with Crippen LogP contribution in [0.5, 0.6) is 11.5 Å². The summed E-state index contributed by atoms with van der Waals surface area (Å²) in [5.74, 6) is 0.223. The van der Waals surface area contributed by atoms with Gasteiger partial charge in [0.1, 0.15) is 29.7 Å². The molecule has 0 atom stereocenters. The van der Waals surface area contributed by atoms with Crippen molar-refractivity contribution in [3.63, 3.8) is 0 Å². The molecule has 29 heavy (non-hydrogen) atoms. The first-order valence-electron chi connectivity index (χ1n) is 9.06. The van der Waals surface area contributed by atoms with E-state index in [2.05, 4.69) is 10.4 Å². The van der Waals surface area contributed by atoms with Crippen LogP contribution in [0.4, 0.5) is 8.78 Å². The highest BCUT2D eigenvalue weighted by molar-refractivity contribution is 5.85. The van der Waals surface area contributed by atoms with E-state index >= 15 is 0 Å². The number of fused-ring (bicyclic) bond motifs is 1. The number of hydrogen-bond donors (Lipinski definition) is 1. The van der Waals surface area contributed by atoms with Crippen molar-refractivity contribution in [2.45, 2.75) is 0 Å². The van der Waals surface area contributed by atoms with Gasteiger partial charge >= 0.3 is 0 Å². The lowest BCUT2D eigenvalue weighted by molar-refractivity contribution is 0.232. The van der Waals surface area contributed by atoms with Gasteiger partial charge in [0, 0.05) is 35.5 Å². The quantitative estimate of drug-likeness (QED) is 0.675. The molecule has 3 aromatic rings. The number of pyridine rings is 1. The number of aromatic nitrogens is 1. The molecule has 0 aliphatic carbocycles. The molecule has 1 N–H and O–H groups in total. The lowest BCUT2D eigenvalue weighted by Gasteiger charge is -2.27. The summed E-state index contributed by atoms with van der Waals surface area (Å²) in [5, 5.41) is 2.69. The monoisotopic (exact) mass is 395 g/mol. The van der Waals surface area contributed by atoms with Crippen LogP contribution >= 0.6 is 0 Å². The fourth-order valence-corrected chi connectivity index (χ4v) is 3.08. The fraction of sp³-hybridized carbons (Fsp3) is 0.136. The average Bonchev–Trinajstić information content (AvgIpc) is 2.73. The second-order valence-electron chi connectivity index (χ2n) is 6.43. The predicted octanol–water partition coefficient (Wildman–Crippen LogP) is 4.28. The third-order valence-corrected chi connectivity index (χ3v) is 4.47. The summed E-state index contributed by atoms with van der Waals surface area (Å²) in [6.07, 6.45) is 7.09. The molecule has 1 aliphatic rings. The van der Waals surface area contributed by atoms with Crippen molar-refractivity contribution in [3.05, 3.63) is 84.2 Å². The molecule has 0 amide bonds. The Morgan fingerprint density at radius 1 is 1.07 bits per heavy atom. The first-order chi connectivity index (χ1) is 14.1. The van der Waals surface area contributed by atoms with Gasteiger partial charge in [0.15, 0.2) is 0 Å². The van der Waals surface area contributed by atoms with Crippen molar-refractivity contribution in [2.24, 2.45) is 0 Å². The van der Waals surface area contributed by atoms with Gasteiger partial charge in [-0.25, -0.2) is 8.78 Å². The molecule has 0 radical (unpaired) electrons. The molecule has 1 aliphatic heterocycles. The van der Waals surface area contributed by atoms with Crippen LogP contribution in [0, 0.1) is 11.6 Å². The van der Waals surface area contributed by atoms with Crippen molar-refractivity contribution in [1.29, 1.82) is 0 Å². The molecular formula is C22H19F2N3O2. The Kier molecular flexibility index (Phi) is 5.29. The van der Waals surface area contributed by atoms with E-state index in [1.165, 1.54) is 12.1 Å². The third kappa shape index (κ3) is 4.29. The maximum Gasteiger partial charge on any atom is 0.130 e. The highest BCUT2D eigenvalue weighted by atomic mass is 19.1. The summed E-state index contributed by atoms with van der Waals surface area (Å²) in [6, 6.07) is 10.9. The second-order valence-corrected chi connectivity index (χ2v) is 6.43. The van der Waals surface area contributed by atoms with Crippen molar-refractivity contribution in [2.75, 3.05) is 20.3 Å². The molecule has 0 fully saturated rings. The zero-order valence-electron chi connectivity index (χ0n) is 15.7. The first-order valence-corrected chi connectivity index (χ1v) is 9.06. The molecule has 2 aromatic carbocycles. The minimum absolute atomic E-state index is 0.396. The van der Waals surface area contributed by atoms with Crippen LogP contribution in [0.15, 0.2) is 67.0 Å². The fourth-order valence-electron chi connectivity index (χ4n) is 3.08. The predicted molar refractivity (Wildman–Crippen MR) is 107 cm³/mol. The number of nitrogens with zero attached hydrogens (tertiary/aromatic N) is 2. The van der Waals surface area contributed by atoms with Crippen LogP contribution in [0.2, 0.25) is 0 Å². The van der Waals surface area contributed by atoms with E-state index in [1.807, 2.05) is 36.5 Å². The van der Waals surface area contributed by atoms with E-state index < -0.39 is 11.6 Å². The number of hydrogen-bond acceptors (Lipinski definition) is 5. The Bertz CT molecular complexity index is 1080. The number of allylic oxidation sites excluding steroid dienone is 2. The summed E-state index contributed by atoms with van der Waals surface area (Å²) >= 11 is 0. The molecule has 0 bridgehead atoms. The molecular weight excluding hydrogens is 376 g/mol. The summed E-state index contributed by atoms with van der Waals surface area (Å²) in [6.45, 7) is 0.916. The summed E-state index contributed by atoms with van der Waals surface area (Å²) in [4.78, 5) is 4.34. The maximum atomic E-state index is 13.5. The van der Waals surface area contributed by atoms with Gasteiger partial charge in [-0.2, -0.15) is 0 Å². The van der Waals surface area contributed by atoms with E-state index in [9.17, 15) is 8.78 Å². The number of hydrazine groups is 1. The lowest BCUT2D eigenvalue weighted by atomic mass is 10.1. The Morgan fingerprint density at radius 3 is 2.69 bits per heavy atom. The Labute approximate surface area is 166 Å². The molecule has 7 heteroatoms. The Balaban J connectivity index is 1.40. The standard InChI is InChI=1S/C22H19F2N3O2/c1-28-18-4-5-19-21(14-18)25-7-6-22(19)29-10-9-27-8-2-3-20(26-27)15-11-16(23)13-17(24)12-15/h2-8,11-14,26H,9-10H2,1H3. The largest absolute Gasteiger partial charge is 0.497 e. The average molecular weight is 395 g/mol. The van der Waals surface area contributed by atoms with Gasteiger partial charge in [-0.05, 0) is 42.5 Å². The van der Waals surface area contributed by atoms with Gasteiger partial charge in [0.25, 0.3) is 0 Å². The lowest BCUT2D eigenvalue weighted by Crippen LogP contribution is -2.36. The number of rotatable bonds is 6. The van der Waals surface area contributed by atoms with Crippen molar-refractivity contribution < 1.29 is 18.3 Å². The molecule has 4 rings (SSSR count). The molecule has 0 spiro atoms. The molecule has 0 saturated carbocycles. The van der Waals surface area contributed by atoms with Gasteiger partial charge in [0.2, 0.25) is 0 Å². The van der Waals surface area contributed by atoms with Crippen molar-refractivity contribution >= 4 is 16.6 Å². The number of ether oxygens (including phenoxy) is 2. The minimum Gasteiger partial charge on any atom is -0.497 e. The zero-order chi connectivity index (χ0) is 20.2. The topological polar surface area (TPSA) is 46.6 Å². The van der Waals surface area contributed by atoms with Crippen molar-refractivity contribution in [3.8, 4) is 11.5 Å². The van der Waals surface area contributed by atoms with E-state index in [0.29, 0.717) is 24.4 Å². The number of halogens is 2. The Morgan fingerprint density at radius 2 is 1.90 bits per heavy atom. The molecule has 0 saturated heterocycles. The van der Waals surface area contributed by atoms with Gasteiger partial charge in [-0.15, -0.1) is 0 Å². The van der Waals surface area contributed by atoms with E-state index in [-0.39, 0.29) is 0 Å². The highest BCUT2D eigenvalue weighted by Gasteiger charge is 2.11. The van der Waals surface area contributed by atoms with Crippen LogP contribution in [0.3, 0.4) is 0 Å². The van der Waals surface area contributed by atoms with Gasteiger partial charge < -0.3 is 9.47 Å². The molecule has 1 aromatic heterocycles. The van der Waals surface area contributed by atoms with E-state index in [4.69, 9.17) is 9.47 Å². The zero-order valence-corrected chi connectivity index (χ0v) is 15.7. The Hall–Kier alpha value is -3.61. The van der Waals surface area contributed by atoms with Crippen LogP contribution in [0.25, 0.3) is 16.6 Å². The van der Waals surface area contributed by atoms with Gasteiger partial charge in [0.05, 0.1) is 24.9 Å². The second kappa shape index (κ2) is 8.18. The molecule has 0 unspecified atom stereocenters. The summed E-state index contributed by atoms with van der Waals surface area (Å²) in [5.41, 5.74) is 4.96. The van der Waals surface area contributed by atoms with E-state index in [1.54, 1.807) is 24.4 Å². The van der Waals surface area contributed by atoms with Crippen LogP contribution < -0.4 is 14.9 Å². The number of methoxy groups -OCH3 is 1. The highest BCUT2D eigenvalue weighted by Crippen LogP contribution is 2.27. The minimum atomic E-state index is -0.617. The maximum absolute atomic E-state index is 13.5. The van der Waals surface area contributed by atoms with Crippen LogP contribution in [-0.4, -0.2) is 30.3 Å². The molecule has 148 valence electrons. The number of benzene rings is 2. The SMILES string of the molecule is COc1ccc2c(OCCN3C=CC=C(c4cc(F)cc(F)c4)N3)ccnc2c1. The summed E-state index contributed by atoms with van der Waals surface area (Å²) in [7, 11) is 1.61. The van der Waals surface area contributed by atoms with Crippen molar-refractivity contribution in [1.82, 2.24) is 15.4 Å². The smallest absolute Gasteiger partial charge is 0.130 e. The summed E-state index contributed by atoms with van der Waals surface area (Å²) < 4.78 is 38.1. The third-order valence-electron chi connectivity index (χ3n) is 4.47. The number of nitrogens with one attached hydrogen (secondary N) is 1. The molecule has 5 nitrogen and oxygen atoms in total. The normalized spacial score (nSPS) is 13.2.